The van der Waals surface area contributed by atoms with E-state index in [2.05, 4.69) is 27.4 Å². The van der Waals surface area contributed by atoms with Crippen molar-refractivity contribution >= 4 is 40.0 Å². The number of sulfonamides is 1. The fraction of sp³-hybridized carbons (Fsp3) is 0.941. The predicted molar refractivity (Wildman–Crippen MR) is 117 cm³/mol. The van der Waals surface area contributed by atoms with Crippen LogP contribution in [0.2, 0.25) is 0 Å². The van der Waals surface area contributed by atoms with Gasteiger partial charge in [0.25, 0.3) is 0 Å². The fourth-order valence-electron chi connectivity index (χ4n) is 4.24. The number of halogens is 1. The lowest BCUT2D eigenvalue weighted by atomic mass is 10.2. The molecule has 2 N–H and O–H groups in total. The average molecular weight is 499 g/mol. The van der Waals surface area contributed by atoms with E-state index in [1.165, 1.54) is 32.2 Å². The van der Waals surface area contributed by atoms with Gasteiger partial charge in [-0.2, -0.15) is 0 Å². The number of likely N-dealkylation sites (tertiary alicyclic amines) is 1. The van der Waals surface area contributed by atoms with Crippen molar-refractivity contribution in [3.63, 3.8) is 0 Å². The summed E-state index contributed by atoms with van der Waals surface area (Å²) in [5, 5.41) is 6.84. The van der Waals surface area contributed by atoms with Gasteiger partial charge in [-0.1, -0.05) is 12.8 Å². The maximum Gasteiger partial charge on any atom is 0.214 e. The van der Waals surface area contributed by atoms with Crippen LogP contribution in [0.25, 0.3) is 0 Å². The number of nitrogens with zero attached hydrogens (tertiary/aromatic N) is 3. The topological polar surface area (TPSA) is 77.0 Å². The Morgan fingerprint density at radius 2 is 1.92 bits per heavy atom. The minimum atomic E-state index is -3.02. The highest BCUT2D eigenvalue weighted by atomic mass is 127. The van der Waals surface area contributed by atoms with Gasteiger partial charge in [-0.15, -0.1) is 24.0 Å². The molecule has 1 unspecified atom stereocenters. The second-order valence-electron chi connectivity index (χ2n) is 7.39. The Balaban J connectivity index is 0.00000243. The van der Waals surface area contributed by atoms with Crippen molar-refractivity contribution in [3.8, 4) is 0 Å². The van der Waals surface area contributed by atoms with Crippen LogP contribution in [0.3, 0.4) is 0 Å². The molecular formula is C17H34IN5O2S. The summed E-state index contributed by atoms with van der Waals surface area (Å²) in [5.74, 6) is 1.10. The molecule has 1 aliphatic carbocycles. The molecule has 1 saturated carbocycles. The molecule has 2 saturated heterocycles. The van der Waals surface area contributed by atoms with Gasteiger partial charge in [-0.25, -0.2) is 12.7 Å². The lowest BCUT2D eigenvalue weighted by Gasteiger charge is -2.24. The van der Waals surface area contributed by atoms with Gasteiger partial charge in [0.05, 0.1) is 12.3 Å². The Kier molecular flexibility index (Phi) is 8.89. The smallest absolute Gasteiger partial charge is 0.214 e. The van der Waals surface area contributed by atoms with Crippen molar-refractivity contribution in [2.75, 3.05) is 45.0 Å². The van der Waals surface area contributed by atoms with Gasteiger partial charge < -0.3 is 10.6 Å². The Morgan fingerprint density at radius 3 is 2.58 bits per heavy atom. The van der Waals surface area contributed by atoms with Gasteiger partial charge in [0.15, 0.2) is 5.96 Å². The molecule has 0 bridgehead atoms. The van der Waals surface area contributed by atoms with Gasteiger partial charge >= 0.3 is 0 Å². The molecule has 3 rings (SSSR count). The predicted octanol–water partition coefficient (Wildman–Crippen LogP) is 1.21. The number of nitrogens with one attached hydrogen (secondary N) is 2. The lowest BCUT2D eigenvalue weighted by Crippen LogP contribution is -2.45. The molecule has 9 heteroatoms. The zero-order valence-corrected chi connectivity index (χ0v) is 19.0. The standard InChI is InChI=1S/C17H33N5O2S.HI/c1-2-18-17(19-9-12-22-10-5-13-25(22,23)24)20-15-8-11-21(14-15)16-6-3-4-7-16;/h15-16H,2-14H2,1H3,(H2,18,19,20);1H. The van der Waals surface area contributed by atoms with Crippen LogP contribution >= 0.6 is 24.0 Å². The van der Waals surface area contributed by atoms with Crippen LogP contribution in [-0.2, 0) is 10.0 Å². The van der Waals surface area contributed by atoms with Gasteiger partial charge in [0.1, 0.15) is 0 Å². The molecule has 0 aromatic carbocycles. The quantitative estimate of drug-likeness (QED) is 0.327. The normalized spacial score (nSPS) is 27.6. The molecule has 2 heterocycles. The van der Waals surface area contributed by atoms with Gasteiger partial charge in [-0.3, -0.25) is 9.89 Å². The highest BCUT2D eigenvalue weighted by Crippen LogP contribution is 2.26. The van der Waals surface area contributed by atoms with Crippen molar-refractivity contribution in [1.29, 1.82) is 0 Å². The minimum Gasteiger partial charge on any atom is -0.357 e. The highest BCUT2D eigenvalue weighted by molar-refractivity contribution is 14.0. The molecule has 26 heavy (non-hydrogen) atoms. The van der Waals surface area contributed by atoms with Crippen LogP contribution in [0, 0.1) is 0 Å². The molecule has 0 radical (unpaired) electrons. The van der Waals surface area contributed by atoms with Crippen LogP contribution in [0.15, 0.2) is 4.99 Å². The molecule has 0 amide bonds. The van der Waals surface area contributed by atoms with E-state index < -0.39 is 10.0 Å². The van der Waals surface area contributed by atoms with E-state index in [4.69, 9.17) is 0 Å². The Labute approximate surface area is 175 Å². The summed E-state index contributed by atoms with van der Waals surface area (Å²) in [4.78, 5) is 7.23. The molecule has 3 fully saturated rings. The molecule has 0 aromatic heterocycles. The first kappa shape index (κ1) is 22.2. The zero-order chi connectivity index (χ0) is 17.7. The number of aliphatic imine (C=N–C) groups is 1. The lowest BCUT2D eigenvalue weighted by molar-refractivity contribution is 0.242. The van der Waals surface area contributed by atoms with Crippen LogP contribution in [0.4, 0.5) is 0 Å². The van der Waals surface area contributed by atoms with Gasteiger partial charge in [0, 0.05) is 44.8 Å². The minimum absolute atomic E-state index is 0. The first-order chi connectivity index (χ1) is 12.1. The van der Waals surface area contributed by atoms with Crippen molar-refractivity contribution in [2.24, 2.45) is 4.99 Å². The van der Waals surface area contributed by atoms with E-state index in [-0.39, 0.29) is 29.7 Å². The number of hydrogen-bond acceptors (Lipinski definition) is 4. The molecule has 2 aliphatic heterocycles. The first-order valence-corrected chi connectivity index (χ1v) is 11.5. The van der Waals surface area contributed by atoms with Crippen LogP contribution in [0.5, 0.6) is 0 Å². The van der Waals surface area contributed by atoms with E-state index in [0.717, 1.165) is 37.9 Å². The molecule has 7 nitrogen and oxygen atoms in total. The monoisotopic (exact) mass is 499 g/mol. The fourth-order valence-corrected chi connectivity index (χ4v) is 5.75. The molecule has 152 valence electrons. The molecule has 0 spiro atoms. The van der Waals surface area contributed by atoms with Crippen LogP contribution < -0.4 is 10.6 Å². The summed E-state index contributed by atoms with van der Waals surface area (Å²) in [6.45, 7) is 6.77. The van der Waals surface area contributed by atoms with Crippen molar-refractivity contribution in [1.82, 2.24) is 19.8 Å². The Morgan fingerprint density at radius 1 is 1.15 bits per heavy atom. The third kappa shape index (κ3) is 5.93. The van der Waals surface area contributed by atoms with Gasteiger partial charge in [0.2, 0.25) is 10.0 Å². The zero-order valence-electron chi connectivity index (χ0n) is 15.8. The average Bonchev–Trinajstić information content (AvgIpc) is 3.29. The van der Waals surface area contributed by atoms with Gasteiger partial charge in [-0.05, 0) is 32.6 Å². The van der Waals surface area contributed by atoms with Crippen molar-refractivity contribution < 1.29 is 8.42 Å². The summed E-state index contributed by atoms with van der Waals surface area (Å²) in [6, 6.07) is 1.22. The SMILES string of the molecule is CCNC(=NCCN1CCCS1(=O)=O)NC1CCN(C2CCCC2)C1.I. The van der Waals surface area contributed by atoms with E-state index in [9.17, 15) is 8.42 Å². The first-order valence-electron chi connectivity index (χ1n) is 9.85. The second-order valence-corrected chi connectivity index (χ2v) is 9.48. The van der Waals surface area contributed by atoms with Crippen LogP contribution in [-0.4, -0.2) is 80.7 Å². The van der Waals surface area contributed by atoms with Crippen LogP contribution in [0.1, 0.15) is 45.4 Å². The number of guanidine groups is 1. The highest BCUT2D eigenvalue weighted by Gasteiger charge is 2.30. The summed E-state index contributed by atoms with van der Waals surface area (Å²) < 4.78 is 25.3. The maximum absolute atomic E-state index is 11.8. The van der Waals surface area contributed by atoms with Crippen molar-refractivity contribution in [3.05, 3.63) is 0 Å². The Hall–Kier alpha value is -0.130. The molecular weight excluding hydrogens is 465 g/mol. The maximum atomic E-state index is 11.8. The van der Waals surface area contributed by atoms with E-state index in [1.807, 2.05) is 0 Å². The third-order valence-electron chi connectivity index (χ3n) is 5.57. The number of hydrogen-bond donors (Lipinski definition) is 2. The molecule has 0 aromatic rings. The largest absolute Gasteiger partial charge is 0.357 e. The summed E-state index contributed by atoms with van der Waals surface area (Å²) in [7, 11) is -3.02. The summed E-state index contributed by atoms with van der Waals surface area (Å²) in [6.07, 6.45) is 7.35. The molecule has 3 aliphatic rings. The molecule has 1 atom stereocenters. The van der Waals surface area contributed by atoms with E-state index in [0.29, 0.717) is 25.7 Å². The Bertz CT molecular complexity index is 566. The summed E-state index contributed by atoms with van der Waals surface area (Å²) in [5.41, 5.74) is 0. The summed E-state index contributed by atoms with van der Waals surface area (Å²) >= 11 is 0. The third-order valence-corrected chi connectivity index (χ3v) is 7.52. The van der Waals surface area contributed by atoms with Crippen molar-refractivity contribution in [2.45, 2.75) is 57.5 Å². The number of rotatable bonds is 6. The van der Waals surface area contributed by atoms with E-state index >= 15 is 0 Å². The second kappa shape index (κ2) is 10.4. The van der Waals surface area contributed by atoms with E-state index in [1.54, 1.807) is 4.31 Å².